The molecule has 9 heteroatoms. The third kappa shape index (κ3) is 4.18. The molecule has 7 nitrogen and oxygen atoms in total. The van der Waals surface area contributed by atoms with Gasteiger partial charge < -0.3 is 15.0 Å². The number of para-hydroxylation sites is 3. The van der Waals surface area contributed by atoms with Crippen LogP contribution in [0, 0.1) is 0 Å². The van der Waals surface area contributed by atoms with Crippen LogP contribution in [-0.4, -0.2) is 37.4 Å². The van der Waals surface area contributed by atoms with E-state index >= 15 is 0 Å². The lowest BCUT2D eigenvalue weighted by Gasteiger charge is -2.28. The number of nitrogens with zero attached hydrogens (tertiary/aromatic N) is 2. The van der Waals surface area contributed by atoms with Crippen LogP contribution in [0.5, 0.6) is 11.5 Å². The molecule has 2 aliphatic rings. The smallest absolute Gasteiger partial charge is 0.259 e. The van der Waals surface area contributed by atoms with E-state index < -0.39 is 15.9 Å². The van der Waals surface area contributed by atoms with Crippen LogP contribution in [0.4, 0.5) is 5.69 Å². The van der Waals surface area contributed by atoms with E-state index in [0.29, 0.717) is 22.2 Å². The minimum Gasteiger partial charge on any atom is -0.454 e. The van der Waals surface area contributed by atoms with E-state index in [1.54, 1.807) is 65.7 Å². The van der Waals surface area contributed by atoms with Crippen molar-refractivity contribution in [2.75, 3.05) is 17.6 Å². The largest absolute Gasteiger partial charge is 0.454 e. The predicted octanol–water partition coefficient (Wildman–Crippen LogP) is 3.57. The first-order chi connectivity index (χ1) is 13.9. The van der Waals surface area contributed by atoms with Gasteiger partial charge in [0, 0.05) is 12.7 Å². The highest BCUT2D eigenvalue weighted by molar-refractivity contribution is 7.90. The van der Waals surface area contributed by atoms with Gasteiger partial charge in [-0.05, 0) is 36.4 Å². The van der Waals surface area contributed by atoms with E-state index in [-0.39, 0.29) is 23.7 Å². The van der Waals surface area contributed by atoms with Crippen molar-refractivity contribution in [3.8, 4) is 11.5 Å². The van der Waals surface area contributed by atoms with Crippen molar-refractivity contribution in [1.82, 2.24) is 4.90 Å². The number of carbonyl (C=O) groups excluding carboxylic acids is 1. The van der Waals surface area contributed by atoms with E-state index in [9.17, 15) is 13.2 Å². The number of allylic oxidation sites excluding steroid dienone is 2. The second kappa shape index (κ2) is 7.73. The van der Waals surface area contributed by atoms with Crippen LogP contribution in [0.1, 0.15) is 0 Å². The standard InChI is InChI=1S/C20H16ClN3O4S/c21-15-7-1-3-9-17(15)28-18-10-4-2-8-16(18)22-20(25)14-6-5-11-24-12-13-29(26,27)23-19(14)24/h1-11H,12-13H2,(H,22,25). The van der Waals surface area contributed by atoms with Gasteiger partial charge in [-0.1, -0.05) is 35.9 Å². The fraction of sp³-hybridized carbons (Fsp3) is 0.100. The number of carbonyl (C=O) groups is 1. The highest BCUT2D eigenvalue weighted by Crippen LogP contribution is 2.33. The number of hydrogen-bond donors (Lipinski definition) is 1. The number of benzene rings is 2. The third-order valence-electron chi connectivity index (χ3n) is 4.29. The van der Waals surface area contributed by atoms with Crippen molar-refractivity contribution >= 4 is 39.1 Å². The molecule has 1 amide bonds. The Labute approximate surface area is 173 Å². The highest BCUT2D eigenvalue weighted by Gasteiger charge is 2.30. The fourth-order valence-corrected chi connectivity index (χ4v) is 4.05. The molecule has 0 saturated carbocycles. The molecule has 0 fully saturated rings. The van der Waals surface area contributed by atoms with Crippen LogP contribution in [0.15, 0.2) is 76.9 Å². The zero-order valence-electron chi connectivity index (χ0n) is 15.1. The van der Waals surface area contributed by atoms with E-state index in [1.807, 2.05) is 0 Å². The van der Waals surface area contributed by atoms with Crippen LogP contribution in [0.25, 0.3) is 0 Å². The van der Waals surface area contributed by atoms with E-state index in [0.717, 1.165) is 0 Å². The maximum Gasteiger partial charge on any atom is 0.259 e. The lowest BCUT2D eigenvalue weighted by Crippen LogP contribution is -2.40. The molecule has 4 rings (SSSR count). The summed E-state index contributed by atoms with van der Waals surface area (Å²) in [4.78, 5) is 14.5. The van der Waals surface area contributed by atoms with Crippen molar-refractivity contribution in [2.45, 2.75) is 0 Å². The molecule has 29 heavy (non-hydrogen) atoms. The van der Waals surface area contributed by atoms with Gasteiger partial charge in [-0.25, -0.2) is 8.42 Å². The van der Waals surface area contributed by atoms with Gasteiger partial charge >= 0.3 is 0 Å². The normalized spacial score (nSPS) is 17.1. The fourth-order valence-electron chi connectivity index (χ4n) is 2.89. The lowest BCUT2D eigenvalue weighted by molar-refractivity contribution is -0.112. The first-order valence-corrected chi connectivity index (χ1v) is 10.7. The van der Waals surface area contributed by atoms with Gasteiger partial charge in [0.2, 0.25) is 0 Å². The van der Waals surface area contributed by atoms with E-state index in [4.69, 9.17) is 16.3 Å². The molecule has 0 aliphatic carbocycles. The molecule has 0 atom stereocenters. The summed E-state index contributed by atoms with van der Waals surface area (Å²) in [5.74, 6) is 0.372. The maximum absolute atomic E-state index is 12.9. The number of fused-ring (bicyclic) bond motifs is 1. The topological polar surface area (TPSA) is 88.1 Å². The molecule has 2 aromatic rings. The lowest BCUT2D eigenvalue weighted by atomic mass is 10.1. The first-order valence-electron chi connectivity index (χ1n) is 8.74. The Kier molecular flexibility index (Phi) is 5.12. The Morgan fingerprint density at radius 3 is 2.62 bits per heavy atom. The zero-order chi connectivity index (χ0) is 20.4. The number of halogens is 1. The molecule has 2 heterocycles. The Morgan fingerprint density at radius 1 is 1.10 bits per heavy atom. The molecular formula is C20H16ClN3O4S. The first kappa shape index (κ1) is 19.2. The minimum atomic E-state index is -3.59. The van der Waals surface area contributed by atoms with Crippen molar-refractivity contribution in [1.29, 1.82) is 0 Å². The van der Waals surface area contributed by atoms with Gasteiger partial charge in [0.15, 0.2) is 11.6 Å². The summed E-state index contributed by atoms with van der Waals surface area (Å²) < 4.78 is 33.4. The van der Waals surface area contributed by atoms with Crippen molar-refractivity contribution in [3.05, 3.63) is 77.5 Å². The quantitative estimate of drug-likeness (QED) is 0.802. The van der Waals surface area contributed by atoms with E-state index in [1.165, 1.54) is 6.08 Å². The molecular weight excluding hydrogens is 414 g/mol. The van der Waals surface area contributed by atoms with Gasteiger partial charge in [0.05, 0.1) is 22.0 Å². The number of amidine groups is 1. The average molecular weight is 430 g/mol. The highest BCUT2D eigenvalue weighted by atomic mass is 35.5. The second-order valence-corrected chi connectivity index (χ2v) is 8.46. The van der Waals surface area contributed by atoms with Crippen molar-refractivity contribution in [2.24, 2.45) is 4.40 Å². The number of nitrogens with one attached hydrogen (secondary N) is 1. The Bertz CT molecular complexity index is 1170. The van der Waals surface area contributed by atoms with Gasteiger partial charge in [0.1, 0.15) is 5.75 Å². The van der Waals surface area contributed by atoms with Crippen LogP contribution >= 0.6 is 11.6 Å². The molecule has 2 aromatic carbocycles. The van der Waals surface area contributed by atoms with Crippen LogP contribution in [0.3, 0.4) is 0 Å². The van der Waals surface area contributed by atoms with E-state index in [2.05, 4.69) is 9.71 Å². The summed E-state index contributed by atoms with van der Waals surface area (Å²) in [6.45, 7) is 0.245. The molecule has 2 aliphatic heterocycles. The molecule has 0 unspecified atom stereocenters. The summed E-state index contributed by atoms with van der Waals surface area (Å²) in [6.07, 6.45) is 4.90. The van der Waals surface area contributed by atoms with Crippen molar-refractivity contribution < 1.29 is 17.9 Å². The monoisotopic (exact) mass is 429 g/mol. The number of hydrogen-bond acceptors (Lipinski definition) is 5. The summed E-state index contributed by atoms with van der Waals surface area (Å²) in [5.41, 5.74) is 0.571. The summed E-state index contributed by atoms with van der Waals surface area (Å²) in [6, 6.07) is 13.9. The average Bonchev–Trinajstić information content (AvgIpc) is 2.70. The molecule has 0 spiro atoms. The number of amides is 1. The third-order valence-corrected chi connectivity index (χ3v) is 5.76. The Hall–Kier alpha value is -3.10. The van der Waals surface area contributed by atoms with Crippen LogP contribution in [-0.2, 0) is 14.8 Å². The van der Waals surface area contributed by atoms with Gasteiger partial charge in [-0.15, -0.1) is 4.40 Å². The Morgan fingerprint density at radius 2 is 1.83 bits per heavy atom. The SMILES string of the molecule is O=C(Nc1ccccc1Oc1ccccc1Cl)C1=CC=CN2CCS(=O)(=O)N=C12. The molecule has 0 saturated heterocycles. The van der Waals surface area contributed by atoms with Gasteiger partial charge in [-0.3, -0.25) is 4.79 Å². The molecule has 0 radical (unpaired) electrons. The van der Waals surface area contributed by atoms with Crippen molar-refractivity contribution in [3.63, 3.8) is 0 Å². The maximum atomic E-state index is 12.9. The predicted molar refractivity (Wildman–Crippen MR) is 112 cm³/mol. The summed E-state index contributed by atoms with van der Waals surface area (Å²) in [5, 5.41) is 3.21. The second-order valence-electron chi connectivity index (χ2n) is 6.30. The van der Waals surface area contributed by atoms with Gasteiger partial charge in [-0.2, -0.15) is 0 Å². The van der Waals surface area contributed by atoms with Crippen LogP contribution < -0.4 is 10.1 Å². The summed E-state index contributed by atoms with van der Waals surface area (Å²) >= 11 is 6.15. The number of anilines is 1. The van der Waals surface area contributed by atoms with Gasteiger partial charge in [0.25, 0.3) is 15.9 Å². The number of ether oxygens (including phenoxy) is 1. The molecule has 0 aromatic heterocycles. The van der Waals surface area contributed by atoms with Crippen LogP contribution in [0.2, 0.25) is 5.02 Å². The summed E-state index contributed by atoms with van der Waals surface area (Å²) in [7, 11) is -3.59. The minimum absolute atomic E-state index is 0.0930. The molecule has 0 bridgehead atoms. The Balaban J connectivity index is 1.61. The number of sulfonamides is 1. The molecule has 1 N–H and O–H groups in total. The zero-order valence-corrected chi connectivity index (χ0v) is 16.7. The molecule has 148 valence electrons. The number of rotatable bonds is 4.